The van der Waals surface area contributed by atoms with E-state index in [1.807, 2.05) is 6.92 Å². The van der Waals surface area contributed by atoms with Crippen molar-refractivity contribution >= 4 is 23.3 Å². The molecular weight excluding hydrogens is 266 g/mol. The van der Waals surface area contributed by atoms with Gasteiger partial charge in [0.25, 0.3) is 5.70 Å². The maximum Gasteiger partial charge on any atom is 0.345 e. The third kappa shape index (κ3) is 3.26. The maximum atomic E-state index is 11.8. The van der Waals surface area contributed by atoms with Crippen LogP contribution in [0.2, 0.25) is 0 Å². The molecule has 0 aromatic rings. The fourth-order valence-electron chi connectivity index (χ4n) is 2.05. The van der Waals surface area contributed by atoms with Crippen molar-refractivity contribution in [2.45, 2.75) is 26.2 Å². The van der Waals surface area contributed by atoms with Crippen molar-refractivity contribution in [3.63, 3.8) is 0 Å². The van der Waals surface area contributed by atoms with Gasteiger partial charge in [-0.05, 0) is 19.3 Å². The quantitative estimate of drug-likeness (QED) is 0.440. The van der Waals surface area contributed by atoms with Crippen LogP contribution in [0.1, 0.15) is 26.2 Å². The molecule has 0 atom stereocenters. The molecule has 0 radical (unpaired) electrons. The second-order valence-corrected chi connectivity index (χ2v) is 4.52. The largest absolute Gasteiger partial charge is 0.509 e. The number of alkyl halides is 1. The summed E-state index contributed by atoms with van der Waals surface area (Å²) in [6, 6.07) is 0. The molecule has 0 aromatic heterocycles. The van der Waals surface area contributed by atoms with Crippen molar-refractivity contribution < 1.29 is 19.6 Å². The number of ether oxygens (including phenoxy) is 1. The number of aliphatic hydroxyl groups is 1. The summed E-state index contributed by atoms with van der Waals surface area (Å²) in [4.78, 5) is 14.8. The van der Waals surface area contributed by atoms with E-state index >= 15 is 0 Å². The Morgan fingerprint density at radius 3 is 2.74 bits per heavy atom. The first-order valence-electron chi connectivity index (χ1n) is 6.15. The Morgan fingerprint density at radius 2 is 2.26 bits per heavy atom. The molecule has 0 spiro atoms. The summed E-state index contributed by atoms with van der Waals surface area (Å²) >= 11 is 5.67. The van der Waals surface area contributed by atoms with Crippen LogP contribution in [0.4, 0.5) is 0 Å². The Labute approximate surface area is 118 Å². The smallest absolute Gasteiger partial charge is 0.345 e. The van der Waals surface area contributed by atoms with Gasteiger partial charge in [-0.1, -0.05) is 13.5 Å². The third-order valence-corrected chi connectivity index (χ3v) is 3.24. The highest BCUT2D eigenvalue weighted by atomic mass is 35.5. The van der Waals surface area contributed by atoms with Crippen LogP contribution >= 0.6 is 11.6 Å². The molecule has 0 unspecified atom stereocenters. The lowest BCUT2D eigenvalue weighted by molar-refractivity contribution is -0.389. The number of esters is 1. The van der Waals surface area contributed by atoms with Gasteiger partial charge in [-0.15, -0.1) is 11.6 Å². The fraction of sp³-hybridized carbons (Fsp3) is 0.429. The molecule has 1 aliphatic heterocycles. The zero-order valence-corrected chi connectivity index (χ0v) is 12.0. The summed E-state index contributed by atoms with van der Waals surface area (Å²) in [5.74, 6) is 0.0918. The Balaban J connectivity index is 3.16. The van der Waals surface area contributed by atoms with Gasteiger partial charge >= 0.3 is 5.97 Å². The highest BCUT2D eigenvalue weighted by Gasteiger charge is 2.36. The van der Waals surface area contributed by atoms with Crippen molar-refractivity contribution in [3.8, 4) is 0 Å². The van der Waals surface area contributed by atoms with Gasteiger partial charge in [-0.2, -0.15) is 0 Å². The van der Waals surface area contributed by atoms with E-state index < -0.39 is 5.97 Å². The van der Waals surface area contributed by atoms with E-state index in [1.165, 1.54) is 7.11 Å². The molecule has 0 saturated carbocycles. The van der Waals surface area contributed by atoms with Crippen molar-refractivity contribution in [2.75, 3.05) is 13.0 Å². The summed E-state index contributed by atoms with van der Waals surface area (Å²) in [5.41, 5.74) is 3.19. The van der Waals surface area contributed by atoms with E-state index in [1.54, 1.807) is 0 Å². The topological polar surface area (TPSA) is 60.5 Å². The average molecular weight is 285 g/mol. The van der Waals surface area contributed by atoms with Crippen molar-refractivity contribution in [2.24, 2.45) is 0 Å². The van der Waals surface area contributed by atoms with Gasteiger partial charge in [-0.25, -0.2) is 9.79 Å². The lowest BCUT2D eigenvalue weighted by Crippen LogP contribution is -2.69. The minimum atomic E-state index is -0.468. The number of carbonyl (C=O) groups excluding carboxylic acids is 1. The van der Waals surface area contributed by atoms with Crippen LogP contribution < -0.4 is 4.99 Å². The van der Waals surface area contributed by atoms with Crippen LogP contribution in [0, 0.1) is 0 Å². The van der Waals surface area contributed by atoms with E-state index in [4.69, 9.17) is 16.3 Å². The first-order chi connectivity index (χ1) is 9.10. The van der Waals surface area contributed by atoms with Gasteiger partial charge in [-0.3, -0.25) is 0 Å². The number of hydrogen-bond donors (Lipinski definition) is 2. The number of halogens is 1. The number of nitrogens with one attached hydrogen (secondary N) is 1. The number of aliphatic hydroxyl groups excluding tert-OH is 1. The molecule has 0 bridgehead atoms. The Kier molecular flexibility index (Phi) is 5.83. The van der Waals surface area contributed by atoms with Crippen LogP contribution in [0.15, 0.2) is 35.3 Å². The highest BCUT2D eigenvalue weighted by Crippen LogP contribution is 2.23. The lowest BCUT2D eigenvalue weighted by Gasteiger charge is -2.04. The second-order valence-electron chi connectivity index (χ2n) is 4.14. The fourth-order valence-corrected chi connectivity index (χ4v) is 2.19. The number of rotatable bonds is 6. The Bertz CT molecular complexity index is 475. The molecule has 0 saturated heterocycles. The molecule has 4 nitrogen and oxygen atoms in total. The SMILES string of the molecule is C=C(CCCCl)C1=[NH+]C(=CO)C(C(=O)OC)=C1CC. The van der Waals surface area contributed by atoms with E-state index in [2.05, 4.69) is 11.6 Å². The average Bonchev–Trinajstić information content (AvgIpc) is 2.82. The summed E-state index contributed by atoms with van der Waals surface area (Å²) in [6.45, 7) is 5.95. The molecule has 19 heavy (non-hydrogen) atoms. The first kappa shape index (κ1) is 15.5. The van der Waals surface area contributed by atoms with E-state index in [-0.39, 0.29) is 0 Å². The molecule has 0 aromatic carbocycles. The number of allylic oxidation sites excluding steroid dienone is 2. The molecule has 0 fully saturated rings. The van der Waals surface area contributed by atoms with Crippen molar-refractivity contribution in [1.29, 1.82) is 0 Å². The van der Waals surface area contributed by atoms with E-state index in [0.717, 1.165) is 36.0 Å². The van der Waals surface area contributed by atoms with E-state index in [9.17, 15) is 9.90 Å². The van der Waals surface area contributed by atoms with Gasteiger partial charge in [0.1, 0.15) is 5.57 Å². The number of methoxy groups -OCH3 is 1. The van der Waals surface area contributed by atoms with Crippen LogP contribution in [0.3, 0.4) is 0 Å². The first-order valence-corrected chi connectivity index (χ1v) is 6.68. The Hall–Kier alpha value is -1.55. The van der Waals surface area contributed by atoms with E-state index in [0.29, 0.717) is 23.6 Å². The van der Waals surface area contributed by atoms with Crippen LogP contribution in [0.25, 0.3) is 0 Å². The molecule has 0 aliphatic carbocycles. The monoisotopic (exact) mass is 284 g/mol. The minimum absolute atomic E-state index is 0.353. The Morgan fingerprint density at radius 1 is 1.58 bits per heavy atom. The molecule has 1 rings (SSSR count). The van der Waals surface area contributed by atoms with Crippen LogP contribution in [-0.2, 0) is 9.53 Å². The van der Waals surface area contributed by atoms with Crippen molar-refractivity contribution in [1.82, 2.24) is 0 Å². The van der Waals surface area contributed by atoms with Crippen molar-refractivity contribution in [3.05, 3.63) is 35.3 Å². The normalized spacial score (nSPS) is 16.8. The van der Waals surface area contributed by atoms with Gasteiger partial charge in [0, 0.05) is 17.0 Å². The van der Waals surface area contributed by atoms with Gasteiger partial charge < -0.3 is 9.84 Å². The molecule has 5 heteroatoms. The predicted molar refractivity (Wildman–Crippen MR) is 75.1 cm³/mol. The number of hydrogen-bond acceptors (Lipinski definition) is 3. The molecule has 1 heterocycles. The highest BCUT2D eigenvalue weighted by molar-refractivity contribution is 6.18. The minimum Gasteiger partial charge on any atom is -0.509 e. The zero-order chi connectivity index (χ0) is 14.4. The summed E-state index contributed by atoms with van der Waals surface area (Å²) < 4.78 is 4.75. The standard InChI is InChI=1S/C14H18ClNO3/c1-4-10-12(14(18)19-3)11(8-17)16-13(10)9(2)6-5-7-15/h8,17H,2,4-7H2,1,3H3/p+1. The number of carbonyl (C=O) groups is 1. The molecule has 2 N–H and O–H groups in total. The summed E-state index contributed by atoms with van der Waals surface area (Å²) in [5, 5.41) is 9.24. The summed E-state index contributed by atoms with van der Waals surface area (Å²) in [6.07, 6.45) is 3.07. The molecule has 1 aliphatic rings. The second kappa shape index (κ2) is 7.14. The molecule has 104 valence electrons. The predicted octanol–water partition coefficient (Wildman–Crippen LogP) is 1.38. The van der Waals surface area contributed by atoms with Gasteiger partial charge in [0.15, 0.2) is 6.26 Å². The lowest BCUT2D eigenvalue weighted by atomic mass is 9.96. The van der Waals surface area contributed by atoms with Crippen LogP contribution in [0.5, 0.6) is 0 Å². The van der Waals surface area contributed by atoms with Crippen LogP contribution in [-0.4, -0.2) is 29.8 Å². The van der Waals surface area contributed by atoms with Gasteiger partial charge in [0.2, 0.25) is 5.71 Å². The van der Waals surface area contributed by atoms with Gasteiger partial charge in [0.05, 0.1) is 7.11 Å². The maximum absolute atomic E-state index is 11.8. The molecular formula is C14H19ClNO3+. The zero-order valence-electron chi connectivity index (χ0n) is 11.3. The molecule has 0 amide bonds. The summed E-state index contributed by atoms with van der Waals surface area (Å²) in [7, 11) is 1.32. The third-order valence-electron chi connectivity index (χ3n) is 2.97.